The van der Waals surface area contributed by atoms with Crippen molar-refractivity contribution in [2.24, 2.45) is 11.7 Å². The van der Waals surface area contributed by atoms with Gasteiger partial charge in [-0.3, -0.25) is 4.79 Å². The molecule has 0 spiro atoms. The highest BCUT2D eigenvalue weighted by Crippen LogP contribution is 2.25. The highest BCUT2D eigenvalue weighted by atomic mass is 16.2. The van der Waals surface area contributed by atoms with E-state index in [9.17, 15) is 9.59 Å². The van der Waals surface area contributed by atoms with Crippen molar-refractivity contribution in [1.29, 1.82) is 0 Å². The molecule has 1 aliphatic rings. The minimum Gasteiger partial charge on any atom is -0.338 e. The Labute approximate surface area is 137 Å². The molecule has 1 saturated heterocycles. The molecule has 2 unspecified atom stereocenters. The van der Waals surface area contributed by atoms with Crippen molar-refractivity contribution in [2.75, 3.05) is 18.4 Å². The standard InChI is InChI=1S/C17H26N4O2/c1-12-9-13(10-18)11-21(12)15(22)17(2,3)20-16(23)19-14-7-5-4-6-8-14/h4-8,12-13H,9-11,18H2,1-3H3,(H2,19,20,23). The van der Waals surface area contributed by atoms with E-state index in [4.69, 9.17) is 5.73 Å². The van der Waals surface area contributed by atoms with Gasteiger partial charge in [0.15, 0.2) is 0 Å². The van der Waals surface area contributed by atoms with Gasteiger partial charge in [0.2, 0.25) is 5.91 Å². The highest BCUT2D eigenvalue weighted by molar-refractivity contribution is 5.95. The first-order chi connectivity index (χ1) is 10.8. The average Bonchev–Trinajstić information content (AvgIpc) is 2.87. The van der Waals surface area contributed by atoms with Gasteiger partial charge < -0.3 is 21.3 Å². The third kappa shape index (κ3) is 4.22. The number of benzene rings is 1. The number of nitrogens with one attached hydrogen (secondary N) is 2. The molecule has 2 atom stereocenters. The van der Waals surface area contributed by atoms with E-state index in [1.54, 1.807) is 26.0 Å². The molecule has 1 aromatic rings. The molecule has 0 saturated carbocycles. The van der Waals surface area contributed by atoms with Crippen LogP contribution in [0.2, 0.25) is 0 Å². The number of anilines is 1. The molecule has 0 aliphatic carbocycles. The van der Waals surface area contributed by atoms with Gasteiger partial charge in [-0.15, -0.1) is 0 Å². The molecule has 6 nitrogen and oxygen atoms in total. The Hall–Kier alpha value is -2.08. The van der Waals surface area contributed by atoms with Crippen molar-refractivity contribution in [3.8, 4) is 0 Å². The van der Waals surface area contributed by atoms with Gasteiger partial charge in [0.05, 0.1) is 0 Å². The third-order valence-electron chi connectivity index (χ3n) is 4.25. The van der Waals surface area contributed by atoms with Gasteiger partial charge in [0, 0.05) is 18.3 Å². The third-order valence-corrected chi connectivity index (χ3v) is 4.25. The Balaban J connectivity index is 1.97. The molecule has 2 rings (SSSR count). The molecule has 0 aromatic heterocycles. The number of amides is 3. The molecule has 1 aliphatic heterocycles. The van der Waals surface area contributed by atoms with Gasteiger partial charge >= 0.3 is 6.03 Å². The van der Waals surface area contributed by atoms with E-state index in [1.165, 1.54) is 0 Å². The largest absolute Gasteiger partial charge is 0.338 e. The fourth-order valence-corrected chi connectivity index (χ4v) is 2.98. The molecule has 126 valence electrons. The number of urea groups is 1. The first-order valence-corrected chi connectivity index (χ1v) is 7.99. The Morgan fingerprint density at radius 1 is 1.30 bits per heavy atom. The van der Waals surface area contributed by atoms with Gasteiger partial charge in [-0.2, -0.15) is 0 Å². The van der Waals surface area contributed by atoms with Gasteiger partial charge in [0.25, 0.3) is 0 Å². The minimum atomic E-state index is -0.976. The molecule has 1 heterocycles. The summed E-state index contributed by atoms with van der Waals surface area (Å²) >= 11 is 0. The predicted octanol–water partition coefficient (Wildman–Crippen LogP) is 1.78. The van der Waals surface area contributed by atoms with E-state index >= 15 is 0 Å². The van der Waals surface area contributed by atoms with Crippen molar-refractivity contribution >= 4 is 17.6 Å². The normalized spacial score (nSPS) is 21.1. The first-order valence-electron chi connectivity index (χ1n) is 7.99. The van der Waals surface area contributed by atoms with E-state index in [1.807, 2.05) is 30.0 Å². The second-order valence-electron chi connectivity index (χ2n) is 6.71. The van der Waals surface area contributed by atoms with Crippen molar-refractivity contribution in [1.82, 2.24) is 10.2 Å². The molecule has 4 N–H and O–H groups in total. The fraction of sp³-hybridized carbons (Fsp3) is 0.529. The van der Waals surface area contributed by atoms with Crippen molar-refractivity contribution in [2.45, 2.75) is 38.8 Å². The molecule has 0 radical (unpaired) electrons. The number of likely N-dealkylation sites (tertiary alicyclic amines) is 1. The molecule has 23 heavy (non-hydrogen) atoms. The summed E-state index contributed by atoms with van der Waals surface area (Å²) in [4.78, 5) is 26.7. The van der Waals surface area contributed by atoms with E-state index in [0.29, 0.717) is 24.7 Å². The average molecular weight is 318 g/mol. The SMILES string of the molecule is CC1CC(CN)CN1C(=O)C(C)(C)NC(=O)Nc1ccccc1. The summed E-state index contributed by atoms with van der Waals surface area (Å²) in [6.07, 6.45) is 0.911. The van der Waals surface area contributed by atoms with Gasteiger partial charge in [-0.1, -0.05) is 18.2 Å². The van der Waals surface area contributed by atoms with E-state index < -0.39 is 11.6 Å². The number of nitrogens with two attached hydrogens (primary N) is 1. The first kappa shape index (κ1) is 17.3. The number of carbonyl (C=O) groups is 2. The summed E-state index contributed by atoms with van der Waals surface area (Å²) < 4.78 is 0. The second-order valence-corrected chi connectivity index (χ2v) is 6.71. The lowest BCUT2D eigenvalue weighted by molar-refractivity contribution is -0.137. The number of hydrogen-bond donors (Lipinski definition) is 3. The summed E-state index contributed by atoms with van der Waals surface area (Å²) in [5.74, 6) is 0.257. The number of hydrogen-bond acceptors (Lipinski definition) is 3. The molecular formula is C17H26N4O2. The van der Waals surface area contributed by atoms with Crippen LogP contribution in [0, 0.1) is 5.92 Å². The summed E-state index contributed by atoms with van der Waals surface area (Å²) in [5.41, 5.74) is 5.43. The van der Waals surface area contributed by atoms with E-state index in [-0.39, 0.29) is 11.9 Å². The van der Waals surface area contributed by atoms with Crippen molar-refractivity contribution in [3.05, 3.63) is 30.3 Å². The number of para-hydroxylation sites is 1. The quantitative estimate of drug-likeness (QED) is 0.791. The van der Waals surface area contributed by atoms with Crippen molar-refractivity contribution in [3.63, 3.8) is 0 Å². The Morgan fingerprint density at radius 2 is 1.96 bits per heavy atom. The maximum atomic E-state index is 12.8. The smallest absolute Gasteiger partial charge is 0.320 e. The number of nitrogens with zero attached hydrogens (tertiary/aromatic N) is 1. The van der Waals surface area contributed by atoms with Crippen molar-refractivity contribution < 1.29 is 9.59 Å². The van der Waals surface area contributed by atoms with Crippen LogP contribution in [-0.2, 0) is 4.79 Å². The zero-order valence-electron chi connectivity index (χ0n) is 14.0. The minimum absolute atomic E-state index is 0.0795. The van der Waals surface area contributed by atoms with E-state index in [0.717, 1.165) is 6.42 Å². The Bertz CT molecular complexity index is 559. The zero-order valence-corrected chi connectivity index (χ0v) is 14.0. The van der Waals surface area contributed by atoms with Crippen LogP contribution < -0.4 is 16.4 Å². The number of carbonyl (C=O) groups excluding carboxylic acids is 2. The predicted molar refractivity (Wildman–Crippen MR) is 91.0 cm³/mol. The molecular weight excluding hydrogens is 292 g/mol. The van der Waals surface area contributed by atoms with Crippen LogP contribution in [0.4, 0.5) is 10.5 Å². The lowest BCUT2D eigenvalue weighted by Crippen LogP contribution is -2.57. The van der Waals surface area contributed by atoms with Gasteiger partial charge in [0.1, 0.15) is 5.54 Å². The lowest BCUT2D eigenvalue weighted by atomic mass is 10.0. The summed E-state index contributed by atoms with van der Waals surface area (Å²) in [6.45, 7) is 6.71. The summed E-state index contributed by atoms with van der Waals surface area (Å²) in [5, 5.41) is 5.50. The van der Waals surface area contributed by atoms with Crippen LogP contribution in [0.3, 0.4) is 0 Å². The molecule has 3 amide bonds. The van der Waals surface area contributed by atoms with Crippen LogP contribution in [0.5, 0.6) is 0 Å². The molecule has 6 heteroatoms. The highest BCUT2D eigenvalue weighted by Gasteiger charge is 2.39. The van der Waals surface area contributed by atoms with Crippen LogP contribution in [0.15, 0.2) is 30.3 Å². The second kappa shape index (κ2) is 7.00. The fourth-order valence-electron chi connectivity index (χ4n) is 2.98. The lowest BCUT2D eigenvalue weighted by Gasteiger charge is -2.32. The summed E-state index contributed by atoms with van der Waals surface area (Å²) in [7, 11) is 0. The maximum Gasteiger partial charge on any atom is 0.320 e. The topological polar surface area (TPSA) is 87.5 Å². The monoisotopic (exact) mass is 318 g/mol. The van der Waals surface area contributed by atoms with Crippen LogP contribution in [0.25, 0.3) is 0 Å². The van der Waals surface area contributed by atoms with E-state index in [2.05, 4.69) is 10.6 Å². The number of rotatable bonds is 4. The maximum absolute atomic E-state index is 12.8. The molecule has 1 aromatic carbocycles. The molecule has 0 bridgehead atoms. The molecule has 1 fully saturated rings. The zero-order chi connectivity index (χ0) is 17.0. The van der Waals surface area contributed by atoms with Gasteiger partial charge in [-0.25, -0.2) is 4.79 Å². The van der Waals surface area contributed by atoms with Crippen LogP contribution in [0.1, 0.15) is 27.2 Å². The summed E-state index contributed by atoms with van der Waals surface area (Å²) in [6, 6.07) is 8.89. The van der Waals surface area contributed by atoms with Crippen LogP contribution >= 0.6 is 0 Å². The Morgan fingerprint density at radius 3 is 2.52 bits per heavy atom. The Kier molecular flexibility index (Phi) is 5.26. The van der Waals surface area contributed by atoms with Gasteiger partial charge in [-0.05, 0) is 51.8 Å². The van der Waals surface area contributed by atoms with Crippen LogP contribution in [-0.4, -0.2) is 41.5 Å².